The molecule has 0 amide bonds. The van der Waals surface area contributed by atoms with E-state index in [2.05, 4.69) is 0 Å². The van der Waals surface area contributed by atoms with Crippen LogP contribution in [0.25, 0.3) is 0 Å². The van der Waals surface area contributed by atoms with Crippen LogP contribution in [0, 0.1) is 11.7 Å². The van der Waals surface area contributed by atoms with E-state index >= 15 is 0 Å². The molecule has 0 spiro atoms. The molecule has 3 atom stereocenters. The van der Waals surface area contributed by atoms with Crippen molar-refractivity contribution >= 4 is 29.1 Å². The summed E-state index contributed by atoms with van der Waals surface area (Å²) in [6.07, 6.45) is 0.610. The maximum absolute atomic E-state index is 13.6. The van der Waals surface area contributed by atoms with Gasteiger partial charge in [0.2, 0.25) is 0 Å². The maximum Gasteiger partial charge on any atom is 0.315 e. The van der Waals surface area contributed by atoms with Crippen LogP contribution in [0.15, 0.2) is 64.8 Å². The van der Waals surface area contributed by atoms with Crippen molar-refractivity contribution in [3.05, 3.63) is 81.8 Å². The molecule has 1 aliphatic heterocycles. The number of hydrogen-bond acceptors (Lipinski definition) is 4. The van der Waals surface area contributed by atoms with Gasteiger partial charge in [0.15, 0.2) is 5.78 Å². The third kappa shape index (κ3) is 4.40. The van der Waals surface area contributed by atoms with E-state index in [4.69, 9.17) is 21.3 Å². The Morgan fingerprint density at radius 1 is 1.06 bits per heavy atom. The second-order valence-corrected chi connectivity index (χ2v) is 9.12. The van der Waals surface area contributed by atoms with E-state index in [1.165, 1.54) is 12.1 Å². The first-order valence-corrected chi connectivity index (χ1v) is 11.1. The molecule has 166 valence electrons. The number of nitrogens with zero attached hydrogens (tertiary/aromatic N) is 1. The average molecular weight is 454 g/mol. The summed E-state index contributed by atoms with van der Waals surface area (Å²) in [6, 6.07) is 13.5. The topological polar surface area (TPSA) is 55.7 Å². The van der Waals surface area contributed by atoms with Crippen LogP contribution in [0.2, 0.25) is 5.02 Å². The van der Waals surface area contributed by atoms with Gasteiger partial charge in [-0.25, -0.2) is 4.39 Å². The molecular weight excluding hydrogens is 429 g/mol. The van der Waals surface area contributed by atoms with Gasteiger partial charge in [0.05, 0.1) is 6.10 Å². The van der Waals surface area contributed by atoms with Crippen molar-refractivity contribution in [1.29, 1.82) is 0 Å². The Hall–Kier alpha value is -2.79. The zero-order valence-corrected chi connectivity index (χ0v) is 19.0. The Kier molecular flexibility index (Phi) is 6.29. The second-order valence-electron chi connectivity index (χ2n) is 8.69. The smallest absolute Gasteiger partial charge is 0.315 e. The third-order valence-electron chi connectivity index (χ3n) is 6.06. The average Bonchev–Trinajstić information content (AvgIpc) is 2.73. The maximum atomic E-state index is 13.6. The summed E-state index contributed by atoms with van der Waals surface area (Å²) in [5.41, 5.74) is 3.58. The highest BCUT2D eigenvalue weighted by Crippen LogP contribution is 2.47. The summed E-state index contributed by atoms with van der Waals surface area (Å²) in [5.74, 6) is -2.12. The summed E-state index contributed by atoms with van der Waals surface area (Å²) < 4.78 is 19.1. The first-order valence-electron chi connectivity index (χ1n) is 10.8. The summed E-state index contributed by atoms with van der Waals surface area (Å²) in [7, 11) is 0. The molecule has 0 saturated heterocycles. The molecule has 0 radical (unpaired) electrons. The van der Waals surface area contributed by atoms with Crippen LogP contribution in [0.3, 0.4) is 0 Å². The number of carbonyl (C=O) groups is 2. The number of halogens is 2. The van der Waals surface area contributed by atoms with Gasteiger partial charge in [0.1, 0.15) is 11.7 Å². The molecule has 0 bridgehead atoms. The number of ketones is 1. The third-order valence-corrected chi connectivity index (χ3v) is 6.32. The van der Waals surface area contributed by atoms with Gasteiger partial charge >= 0.3 is 5.97 Å². The molecule has 0 aromatic heterocycles. The van der Waals surface area contributed by atoms with Crippen molar-refractivity contribution in [1.82, 2.24) is 0 Å². The Labute approximate surface area is 192 Å². The number of esters is 1. The Morgan fingerprint density at radius 3 is 2.31 bits per heavy atom. The number of ether oxygens (including phenoxy) is 1. The van der Waals surface area contributed by atoms with Crippen molar-refractivity contribution in [2.45, 2.75) is 51.6 Å². The van der Waals surface area contributed by atoms with Crippen molar-refractivity contribution in [3.63, 3.8) is 0 Å². The van der Waals surface area contributed by atoms with Crippen LogP contribution < -0.4 is 0 Å². The fraction of sp³-hybridized carbons (Fsp3) is 0.346. The van der Waals surface area contributed by atoms with Gasteiger partial charge < -0.3 is 4.74 Å². The quantitative estimate of drug-likeness (QED) is 0.533. The van der Waals surface area contributed by atoms with E-state index in [1.807, 2.05) is 24.3 Å². The molecule has 1 heterocycles. The lowest BCUT2D eigenvalue weighted by atomic mass is 9.69. The van der Waals surface area contributed by atoms with Crippen LogP contribution in [0.5, 0.6) is 0 Å². The molecule has 4 nitrogen and oxygen atoms in total. The molecule has 4 rings (SSSR count). The second kappa shape index (κ2) is 8.99. The SMILES string of the molecule is CC1=NC2=C(C(=O)CC(c3ccc(Cl)cc3)C2)C(c2ccc(F)cc2)C1C(=O)OC(C)C. The van der Waals surface area contributed by atoms with Gasteiger partial charge in [-0.1, -0.05) is 35.9 Å². The predicted octanol–water partition coefficient (Wildman–Crippen LogP) is 6.01. The number of Topliss-reactive ketones (excluding diaryl/α,β-unsaturated/α-hetero) is 1. The van der Waals surface area contributed by atoms with Gasteiger partial charge in [-0.2, -0.15) is 0 Å². The monoisotopic (exact) mass is 453 g/mol. The van der Waals surface area contributed by atoms with Crippen molar-refractivity contribution in [2.75, 3.05) is 0 Å². The lowest BCUT2D eigenvalue weighted by Crippen LogP contribution is -2.38. The highest BCUT2D eigenvalue weighted by Gasteiger charge is 2.44. The molecule has 2 aromatic carbocycles. The van der Waals surface area contributed by atoms with E-state index in [9.17, 15) is 14.0 Å². The molecule has 0 saturated carbocycles. The first kappa shape index (κ1) is 22.4. The van der Waals surface area contributed by atoms with E-state index < -0.39 is 17.8 Å². The van der Waals surface area contributed by atoms with Crippen LogP contribution in [0.1, 0.15) is 56.6 Å². The van der Waals surface area contributed by atoms with E-state index in [0.29, 0.717) is 40.4 Å². The number of benzene rings is 2. The van der Waals surface area contributed by atoms with Crippen LogP contribution in [-0.2, 0) is 14.3 Å². The predicted molar refractivity (Wildman–Crippen MR) is 122 cm³/mol. The molecule has 3 unspecified atom stereocenters. The lowest BCUT2D eigenvalue weighted by Gasteiger charge is -2.36. The highest BCUT2D eigenvalue weighted by molar-refractivity contribution is 6.30. The van der Waals surface area contributed by atoms with Gasteiger partial charge in [0, 0.05) is 34.3 Å². The number of hydrogen-bond donors (Lipinski definition) is 0. The van der Waals surface area contributed by atoms with Gasteiger partial charge in [-0.3, -0.25) is 14.6 Å². The highest BCUT2D eigenvalue weighted by atomic mass is 35.5. The number of aliphatic imine (C=N–C) groups is 1. The van der Waals surface area contributed by atoms with Gasteiger partial charge in [-0.05, 0) is 68.5 Å². The summed E-state index contributed by atoms with van der Waals surface area (Å²) in [4.78, 5) is 31.2. The lowest BCUT2D eigenvalue weighted by molar-refractivity contribution is -0.150. The minimum Gasteiger partial charge on any atom is -0.462 e. The molecule has 0 fully saturated rings. The minimum absolute atomic E-state index is 0.0110. The van der Waals surface area contributed by atoms with Crippen molar-refractivity contribution in [2.24, 2.45) is 10.9 Å². The molecule has 32 heavy (non-hydrogen) atoms. The van der Waals surface area contributed by atoms with Crippen LogP contribution in [0.4, 0.5) is 4.39 Å². The zero-order chi connectivity index (χ0) is 23.0. The van der Waals surface area contributed by atoms with Crippen LogP contribution >= 0.6 is 11.6 Å². The first-order chi connectivity index (χ1) is 15.2. The standard InChI is InChI=1S/C26H25ClFNO3/c1-14(2)32-26(31)23-15(3)29-21-12-18(16-4-8-19(27)9-5-16)13-22(30)25(21)24(23)17-6-10-20(28)11-7-17/h4-11,14,18,23-24H,12-13H2,1-3H3. The minimum atomic E-state index is -0.724. The van der Waals surface area contributed by atoms with Crippen LogP contribution in [-0.4, -0.2) is 23.6 Å². The van der Waals surface area contributed by atoms with E-state index in [0.717, 1.165) is 5.56 Å². The summed E-state index contributed by atoms with van der Waals surface area (Å²) in [6.45, 7) is 5.36. The van der Waals surface area contributed by atoms with Gasteiger partial charge in [0.25, 0.3) is 0 Å². The Morgan fingerprint density at radius 2 is 1.69 bits per heavy atom. The molecule has 2 aliphatic rings. The largest absolute Gasteiger partial charge is 0.462 e. The van der Waals surface area contributed by atoms with Crippen molar-refractivity contribution < 1.29 is 18.7 Å². The van der Waals surface area contributed by atoms with Crippen molar-refractivity contribution in [3.8, 4) is 0 Å². The number of rotatable bonds is 4. The normalized spacial score (nSPS) is 23.1. The zero-order valence-electron chi connectivity index (χ0n) is 18.3. The Balaban J connectivity index is 1.78. The van der Waals surface area contributed by atoms with E-state index in [1.54, 1.807) is 32.9 Å². The molecular formula is C26H25ClFNO3. The number of allylic oxidation sites excluding steroid dienone is 2. The fourth-order valence-corrected chi connectivity index (χ4v) is 4.80. The number of carbonyl (C=O) groups excluding carboxylic acids is 2. The summed E-state index contributed by atoms with van der Waals surface area (Å²) >= 11 is 6.02. The molecule has 6 heteroatoms. The summed E-state index contributed by atoms with van der Waals surface area (Å²) in [5, 5.41) is 0.644. The Bertz CT molecular complexity index is 1100. The molecule has 2 aromatic rings. The van der Waals surface area contributed by atoms with E-state index in [-0.39, 0.29) is 23.6 Å². The van der Waals surface area contributed by atoms with Gasteiger partial charge in [-0.15, -0.1) is 0 Å². The molecule has 0 N–H and O–H groups in total. The fourth-order valence-electron chi connectivity index (χ4n) is 4.67. The molecule has 1 aliphatic carbocycles.